The van der Waals surface area contributed by atoms with Crippen LogP contribution in [0.4, 0.5) is 0 Å². The van der Waals surface area contributed by atoms with Gasteiger partial charge in [0.1, 0.15) is 0 Å². The summed E-state index contributed by atoms with van der Waals surface area (Å²) in [6, 6.07) is 8.74. The number of carbonyl (C=O) groups excluding carboxylic acids is 2. The van der Waals surface area contributed by atoms with Crippen LogP contribution in [0.25, 0.3) is 0 Å². The molecule has 4 heteroatoms. The van der Waals surface area contributed by atoms with Gasteiger partial charge in [0.15, 0.2) is 0 Å². The van der Waals surface area contributed by atoms with Gasteiger partial charge in [0, 0.05) is 13.3 Å². The van der Waals surface area contributed by atoms with Gasteiger partial charge in [-0.2, -0.15) is 0 Å². The normalized spacial score (nSPS) is 19.2. The molecule has 21 heavy (non-hydrogen) atoms. The Hall–Kier alpha value is -1.84. The van der Waals surface area contributed by atoms with Gasteiger partial charge in [-0.05, 0) is 18.8 Å². The first-order chi connectivity index (χ1) is 10.6. The van der Waals surface area contributed by atoms with E-state index in [2.05, 4.69) is 0 Å². The zero-order chi connectivity index (χ0) is 15.9. The minimum absolute atomic E-state index is 0.0234. The zero-order valence-corrected chi connectivity index (χ0v) is 12.3. The maximum absolute atomic E-state index is 12.2. The third-order valence-electron chi connectivity index (χ3n) is 3.77. The minimum Gasteiger partial charge on any atom is -0.466 e. The van der Waals surface area contributed by atoms with Gasteiger partial charge in [0.05, 0.1) is 7.11 Å². The van der Waals surface area contributed by atoms with E-state index < -0.39 is 24.4 Å². The monoisotopic (exact) mass is 291 g/mol. The molecule has 0 spiro atoms. The second kappa shape index (κ2) is 7.81. The van der Waals surface area contributed by atoms with E-state index in [0.717, 1.165) is 32.1 Å². The van der Waals surface area contributed by atoms with Crippen LogP contribution >= 0.6 is 0 Å². The predicted molar refractivity (Wildman–Crippen MR) is 78.5 cm³/mol. The van der Waals surface area contributed by atoms with Gasteiger partial charge < -0.3 is 9.47 Å². The lowest BCUT2D eigenvalue weighted by atomic mass is 9.87. The van der Waals surface area contributed by atoms with Gasteiger partial charge in [-0.25, -0.2) is 4.79 Å². The second-order valence-corrected chi connectivity index (χ2v) is 5.32. The number of ether oxygens (including phenoxy) is 2. The lowest BCUT2D eigenvalue weighted by Gasteiger charge is -2.22. The van der Waals surface area contributed by atoms with E-state index in [0.29, 0.717) is 5.56 Å². The average Bonchev–Trinajstić information content (AvgIpc) is 2.59. The summed E-state index contributed by atoms with van der Waals surface area (Å²) in [5.74, 6) is -1.25. The van der Waals surface area contributed by atoms with Crippen molar-refractivity contribution in [3.8, 4) is 0 Å². The van der Waals surface area contributed by atoms with Crippen molar-refractivity contribution in [2.75, 3.05) is 7.11 Å². The van der Waals surface area contributed by atoms with Crippen LogP contribution in [0.1, 0.15) is 51.5 Å². The maximum Gasteiger partial charge on any atom is 0.351 e. The van der Waals surface area contributed by atoms with Crippen molar-refractivity contribution in [1.82, 2.24) is 0 Å². The van der Waals surface area contributed by atoms with Gasteiger partial charge in [-0.3, -0.25) is 4.79 Å². The molecule has 1 aliphatic carbocycles. The first kappa shape index (κ1) is 14.1. The SMILES string of the molecule is [2H][C@H](C(=O)O[C@@H](C(=O)OC)c1ccccc1)C1CCCCC1. The van der Waals surface area contributed by atoms with Crippen molar-refractivity contribution >= 4 is 11.9 Å². The molecule has 0 amide bonds. The van der Waals surface area contributed by atoms with Gasteiger partial charge >= 0.3 is 11.9 Å². The summed E-state index contributed by atoms with van der Waals surface area (Å²) in [7, 11) is 1.26. The van der Waals surface area contributed by atoms with Gasteiger partial charge in [-0.15, -0.1) is 0 Å². The zero-order valence-electron chi connectivity index (χ0n) is 13.3. The van der Waals surface area contributed by atoms with E-state index in [9.17, 15) is 9.59 Å². The first-order valence-electron chi connectivity index (χ1n) is 7.96. The molecular weight excluding hydrogens is 268 g/mol. The van der Waals surface area contributed by atoms with Crippen molar-refractivity contribution < 1.29 is 20.4 Å². The summed E-state index contributed by atoms with van der Waals surface area (Å²) >= 11 is 0. The molecule has 0 unspecified atom stereocenters. The average molecular weight is 291 g/mol. The topological polar surface area (TPSA) is 52.6 Å². The number of esters is 2. The molecule has 1 aliphatic rings. The Morgan fingerprint density at radius 2 is 1.90 bits per heavy atom. The van der Waals surface area contributed by atoms with E-state index >= 15 is 0 Å². The fourth-order valence-corrected chi connectivity index (χ4v) is 2.64. The number of methoxy groups -OCH3 is 1. The van der Waals surface area contributed by atoms with Crippen molar-refractivity contribution in [3.05, 3.63) is 35.9 Å². The summed E-state index contributed by atoms with van der Waals surface area (Å²) < 4.78 is 18.1. The Kier molecular flexibility index (Phi) is 5.25. The summed E-state index contributed by atoms with van der Waals surface area (Å²) in [6.07, 6.45) is 2.97. The standard InChI is InChI=1S/C17H22O4/c1-20-17(19)16(14-10-6-3-7-11-14)21-15(18)12-13-8-4-2-5-9-13/h3,6-7,10-11,13,16H,2,4-5,8-9,12H2,1H3/t16-/m1/s1/i12D/t12-,16+/m0. The Balaban J connectivity index is 2.06. The molecule has 2 atom stereocenters. The van der Waals surface area contributed by atoms with Crippen molar-refractivity contribution in [2.45, 2.75) is 44.6 Å². The first-order valence-corrected chi connectivity index (χ1v) is 7.39. The molecule has 1 saturated carbocycles. The molecule has 2 rings (SSSR count). The van der Waals surface area contributed by atoms with Gasteiger partial charge in [0.25, 0.3) is 0 Å². The lowest BCUT2D eigenvalue weighted by Crippen LogP contribution is -2.23. The van der Waals surface area contributed by atoms with Crippen LogP contribution < -0.4 is 0 Å². The number of hydrogen-bond donors (Lipinski definition) is 0. The molecule has 0 saturated heterocycles. The molecule has 1 fully saturated rings. The molecule has 0 heterocycles. The van der Waals surface area contributed by atoms with Crippen LogP contribution in [-0.2, 0) is 19.1 Å². The van der Waals surface area contributed by atoms with E-state index in [4.69, 9.17) is 10.8 Å². The Bertz CT molecular complexity index is 497. The molecule has 4 nitrogen and oxygen atoms in total. The molecular formula is C17H22O4. The highest BCUT2D eigenvalue weighted by molar-refractivity contribution is 5.80. The Morgan fingerprint density at radius 3 is 2.52 bits per heavy atom. The number of benzene rings is 1. The Labute approximate surface area is 126 Å². The van der Waals surface area contributed by atoms with Gasteiger partial charge in [0.2, 0.25) is 6.10 Å². The molecule has 0 aromatic heterocycles. The molecule has 1 aromatic rings. The third-order valence-corrected chi connectivity index (χ3v) is 3.77. The Morgan fingerprint density at radius 1 is 1.24 bits per heavy atom. The summed E-state index contributed by atoms with van der Waals surface area (Å²) in [4.78, 5) is 24.1. The second-order valence-electron chi connectivity index (χ2n) is 5.32. The highest BCUT2D eigenvalue weighted by Gasteiger charge is 2.27. The van der Waals surface area contributed by atoms with Crippen LogP contribution in [-0.4, -0.2) is 19.0 Å². The van der Waals surface area contributed by atoms with Gasteiger partial charge in [-0.1, -0.05) is 49.6 Å². The molecule has 0 aliphatic heterocycles. The van der Waals surface area contributed by atoms with E-state index in [-0.39, 0.29) is 5.92 Å². The van der Waals surface area contributed by atoms with Crippen molar-refractivity contribution in [1.29, 1.82) is 0 Å². The predicted octanol–water partition coefficient (Wildman–Crippen LogP) is 3.41. The number of rotatable bonds is 5. The minimum atomic E-state index is -1.10. The third kappa shape index (κ3) is 4.59. The van der Waals surface area contributed by atoms with E-state index in [1.807, 2.05) is 6.07 Å². The molecule has 0 N–H and O–H groups in total. The highest BCUT2D eigenvalue weighted by atomic mass is 16.6. The van der Waals surface area contributed by atoms with Crippen LogP contribution in [0.15, 0.2) is 30.3 Å². The van der Waals surface area contributed by atoms with Crippen LogP contribution in [0.5, 0.6) is 0 Å². The fraction of sp³-hybridized carbons (Fsp3) is 0.529. The quantitative estimate of drug-likeness (QED) is 0.780. The highest BCUT2D eigenvalue weighted by Crippen LogP contribution is 2.28. The lowest BCUT2D eigenvalue weighted by molar-refractivity contribution is -0.167. The smallest absolute Gasteiger partial charge is 0.351 e. The molecule has 1 aromatic carbocycles. The van der Waals surface area contributed by atoms with Crippen molar-refractivity contribution in [2.24, 2.45) is 5.92 Å². The summed E-state index contributed by atoms with van der Waals surface area (Å²) in [6.45, 7) is 0. The maximum atomic E-state index is 12.2. The van der Waals surface area contributed by atoms with Crippen LogP contribution in [0.2, 0.25) is 0 Å². The van der Waals surface area contributed by atoms with Crippen LogP contribution in [0, 0.1) is 5.92 Å². The summed E-state index contributed by atoms with van der Waals surface area (Å²) in [5.41, 5.74) is 0.554. The fourth-order valence-electron chi connectivity index (χ4n) is 2.64. The van der Waals surface area contributed by atoms with E-state index in [1.54, 1.807) is 24.3 Å². The number of hydrogen-bond acceptors (Lipinski definition) is 4. The van der Waals surface area contributed by atoms with Crippen LogP contribution in [0.3, 0.4) is 0 Å². The molecule has 0 bridgehead atoms. The van der Waals surface area contributed by atoms with E-state index in [1.165, 1.54) is 7.11 Å². The number of carbonyl (C=O) groups is 2. The van der Waals surface area contributed by atoms with Crippen molar-refractivity contribution in [3.63, 3.8) is 0 Å². The molecule has 114 valence electrons. The summed E-state index contributed by atoms with van der Waals surface area (Å²) in [5, 5.41) is 0. The largest absolute Gasteiger partial charge is 0.466 e. The molecule has 0 radical (unpaired) electrons.